The van der Waals surface area contributed by atoms with Crippen molar-refractivity contribution in [3.8, 4) is 11.4 Å². The zero-order chi connectivity index (χ0) is 15.1. The van der Waals surface area contributed by atoms with Crippen molar-refractivity contribution in [2.24, 2.45) is 0 Å². The fraction of sp³-hybridized carbons (Fsp3) is 0.400. The summed E-state index contributed by atoms with van der Waals surface area (Å²) in [5.41, 5.74) is 2.76. The molecule has 0 unspecified atom stereocenters. The summed E-state index contributed by atoms with van der Waals surface area (Å²) < 4.78 is 12.3. The first-order valence-corrected chi connectivity index (χ1v) is 7.41. The van der Waals surface area contributed by atoms with E-state index in [-0.39, 0.29) is 6.10 Å². The molecule has 114 valence electrons. The van der Waals surface area contributed by atoms with Crippen LogP contribution in [0.25, 0.3) is 22.4 Å². The first-order chi connectivity index (χ1) is 10.7. The minimum atomic E-state index is -0.555. The molecule has 2 aromatic heterocycles. The molecule has 1 atom stereocenters. The van der Waals surface area contributed by atoms with E-state index in [0.29, 0.717) is 5.82 Å². The molecular formula is C15H16N4O3. The number of ether oxygens (including phenoxy) is 1. The molecule has 0 spiro atoms. The van der Waals surface area contributed by atoms with Crippen LogP contribution in [0.5, 0.6) is 0 Å². The van der Waals surface area contributed by atoms with Crippen LogP contribution >= 0.6 is 0 Å². The Balaban J connectivity index is 1.82. The van der Waals surface area contributed by atoms with Crippen molar-refractivity contribution in [3.63, 3.8) is 0 Å². The van der Waals surface area contributed by atoms with Gasteiger partial charge in [-0.2, -0.15) is 0 Å². The second kappa shape index (κ2) is 5.10. The summed E-state index contributed by atoms with van der Waals surface area (Å²) in [4.78, 5) is 18.4. The molecule has 0 saturated carbocycles. The third-order valence-corrected chi connectivity index (χ3v) is 4.04. The number of H-pyrrole nitrogens is 1. The van der Waals surface area contributed by atoms with Gasteiger partial charge in [0.15, 0.2) is 5.82 Å². The van der Waals surface area contributed by atoms with Gasteiger partial charge in [-0.05, 0) is 24.6 Å². The summed E-state index contributed by atoms with van der Waals surface area (Å²) in [6.07, 6.45) is 2.20. The van der Waals surface area contributed by atoms with Gasteiger partial charge >= 0.3 is 5.76 Å². The lowest BCUT2D eigenvalue weighted by atomic mass is 10.1. The molecule has 0 aliphatic carbocycles. The smallest absolute Gasteiger partial charge is 0.376 e. The van der Waals surface area contributed by atoms with Crippen LogP contribution in [0, 0.1) is 0 Å². The molecule has 1 saturated heterocycles. The van der Waals surface area contributed by atoms with Gasteiger partial charge in [0.25, 0.3) is 0 Å². The largest absolute Gasteiger partial charge is 0.439 e. The van der Waals surface area contributed by atoms with E-state index in [1.807, 2.05) is 18.2 Å². The monoisotopic (exact) mass is 300 g/mol. The Morgan fingerprint density at radius 2 is 2.32 bits per heavy atom. The number of nitrogens with zero attached hydrogens (tertiary/aromatic N) is 3. The summed E-state index contributed by atoms with van der Waals surface area (Å²) in [7, 11) is 0. The lowest BCUT2D eigenvalue weighted by Crippen LogP contribution is -2.31. The average Bonchev–Trinajstić information content (AvgIpc) is 3.05. The molecule has 1 aliphatic rings. The van der Waals surface area contributed by atoms with Crippen molar-refractivity contribution in [2.45, 2.75) is 32.4 Å². The Morgan fingerprint density at radius 3 is 2.95 bits per heavy atom. The Morgan fingerprint density at radius 1 is 1.45 bits per heavy atom. The molecule has 1 fully saturated rings. The fourth-order valence-electron chi connectivity index (χ4n) is 2.78. The first-order valence-electron chi connectivity index (χ1n) is 7.41. The van der Waals surface area contributed by atoms with Gasteiger partial charge in [-0.25, -0.2) is 9.78 Å². The Labute approximate surface area is 125 Å². The van der Waals surface area contributed by atoms with Crippen molar-refractivity contribution in [2.75, 3.05) is 6.61 Å². The first kappa shape index (κ1) is 13.3. The van der Waals surface area contributed by atoms with E-state index in [4.69, 9.17) is 4.74 Å². The molecule has 22 heavy (non-hydrogen) atoms. The molecule has 7 nitrogen and oxygen atoms in total. The van der Waals surface area contributed by atoms with E-state index in [9.17, 15) is 4.79 Å². The molecule has 1 aliphatic heterocycles. The van der Waals surface area contributed by atoms with E-state index in [2.05, 4.69) is 31.1 Å². The SMILES string of the molecule is CCc1nc2ccc(-c3noc(=O)[nH]3)cc2n1C[C@@H]1CCO1. The summed E-state index contributed by atoms with van der Waals surface area (Å²) in [5, 5.41) is 3.74. The number of aromatic nitrogens is 4. The van der Waals surface area contributed by atoms with Crippen molar-refractivity contribution in [1.29, 1.82) is 0 Å². The van der Waals surface area contributed by atoms with Crippen LogP contribution in [-0.4, -0.2) is 32.4 Å². The van der Waals surface area contributed by atoms with Crippen molar-refractivity contribution in [3.05, 3.63) is 34.6 Å². The maximum atomic E-state index is 11.1. The molecule has 1 aromatic carbocycles. The molecule has 7 heteroatoms. The zero-order valence-electron chi connectivity index (χ0n) is 12.2. The number of nitrogens with one attached hydrogen (secondary N) is 1. The number of fused-ring (bicyclic) bond motifs is 1. The maximum absolute atomic E-state index is 11.1. The molecule has 1 N–H and O–H groups in total. The van der Waals surface area contributed by atoms with Crippen LogP contribution in [0.1, 0.15) is 19.2 Å². The number of aromatic amines is 1. The molecule has 3 heterocycles. The summed E-state index contributed by atoms with van der Waals surface area (Å²) in [6.45, 7) is 3.73. The van der Waals surface area contributed by atoms with Gasteiger partial charge in [0.05, 0.1) is 23.7 Å². The van der Waals surface area contributed by atoms with Crippen LogP contribution in [0.2, 0.25) is 0 Å². The number of imidazole rings is 1. The van der Waals surface area contributed by atoms with E-state index in [1.165, 1.54) is 0 Å². The van der Waals surface area contributed by atoms with Crippen LogP contribution in [-0.2, 0) is 17.7 Å². The summed E-state index contributed by atoms with van der Waals surface area (Å²) in [5.74, 6) is 0.912. The third-order valence-electron chi connectivity index (χ3n) is 4.04. The van der Waals surface area contributed by atoms with E-state index >= 15 is 0 Å². The van der Waals surface area contributed by atoms with Crippen LogP contribution in [0.15, 0.2) is 27.5 Å². The Bertz CT molecular complexity index is 872. The van der Waals surface area contributed by atoms with Crippen LogP contribution in [0.3, 0.4) is 0 Å². The molecule has 0 bridgehead atoms. The fourth-order valence-corrected chi connectivity index (χ4v) is 2.78. The van der Waals surface area contributed by atoms with Gasteiger partial charge in [0.2, 0.25) is 0 Å². The number of benzene rings is 1. The van der Waals surface area contributed by atoms with Crippen molar-refractivity contribution >= 4 is 11.0 Å². The molecule has 0 radical (unpaired) electrons. The van der Waals surface area contributed by atoms with E-state index in [1.54, 1.807) is 0 Å². The molecule has 4 rings (SSSR count). The molecular weight excluding hydrogens is 284 g/mol. The normalized spacial score (nSPS) is 17.8. The number of hydrogen-bond acceptors (Lipinski definition) is 5. The quantitative estimate of drug-likeness (QED) is 0.793. The highest BCUT2D eigenvalue weighted by atomic mass is 16.5. The van der Waals surface area contributed by atoms with Gasteiger partial charge in [0.1, 0.15) is 5.82 Å². The van der Waals surface area contributed by atoms with Gasteiger partial charge < -0.3 is 9.30 Å². The standard InChI is InChI=1S/C15H16N4O3/c1-2-13-16-11-4-3-9(14-17-15(20)22-18-14)7-12(11)19(13)8-10-5-6-21-10/h3-4,7,10H,2,5-6,8H2,1H3,(H,17,18,20)/t10-/m0/s1. The number of rotatable bonds is 4. The minimum Gasteiger partial charge on any atom is -0.376 e. The third kappa shape index (κ3) is 2.14. The van der Waals surface area contributed by atoms with Gasteiger partial charge in [0, 0.05) is 18.6 Å². The van der Waals surface area contributed by atoms with E-state index in [0.717, 1.165) is 48.4 Å². The highest BCUT2D eigenvalue weighted by Crippen LogP contribution is 2.25. The lowest BCUT2D eigenvalue weighted by Gasteiger charge is -2.27. The van der Waals surface area contributed by atoms with Gasteiger partial charge in [-0.1, -0.05) is 12.1 Å². The minimum absolute atomic E-state index is 0.262. The molecule has 3 aromatic rings. The topological polar surface area (TPSA) is 85.9 Å². The predicted octanol–water partition coefficient (Wildman–Crippen LogP) is 1.73. The summed E-state index contributed by atoms with van der Waals surface area (Å²) in [6, 6.07) is 5.80. The highest BCUT2D eigenvalue weighted by molar-refractivity contribution is 5.81. The lowest BCUT2D eigenvalue weighted by molar-refractivity contribution is -0.0589. The second-order valence-corrected chi connectivity index (χ2v) is 5.42. The highest BCUT2D eigenvalue weighted by Gasteiger charge is 2.21. The second-order valence-electron chi connectivity index (χ2n) is 5.42. The maximum Gasteiger partial charge on any atom is 0.439 e. The van der Waals surface area contributed by atoms with Gasteiger partial charge in [-0.3, -0.25) is 9.51 Å². The van der Waals surface area contributed by atoms with E-state index < -0.39 is 5.76 Å². The Hall–Kier alpha value is -2.41. The number of hydrogen-bond donors (Lipinski definition) is 1. The number of aryl methyl sites for hydroxylation is 1. The van der Waals surface area contributed by atoms with Gasteiger partial charge in [-0.15, -0.1) is 0 Å². The van der Waals surface area contributed by atoms with Crippen molar-refractivity contribution < 1.29 is 9.26 Å². The van der Waals surface area contributed by atoms with Crippen LogP contribution in [0.4, 0.5) is 0 Å². The average molecular weight is 300 g/mol. The van der Waals surface area contributed by atoms with Crippen LogP contribution < -0.4 is 5.76 Å². The predicted molar refractivity (Wildman–Crippen MR) is 79.6 cm³/mol. The zero-order valence-corrected chi connectivity index (χ0v) is 12.2. The van der Waals surface area contributed by atoms with Crippen molar-refractivity contribution in [1.82, 2.24) is 19.7 Å². The summed E-state index contributed by atoms with van der Waals surface area (Å²) >= 11 is 0. The Kier molecular flexibility index (Phi) is 3.07. The molecule has 0 amide bonds.